The molecule has 23 heavy (non-hydrogen) atoms. The predicted octanol–water partition coefficient (Wildman–Crippen LogP) is 2.34. The molecule has 2 aromatic heterocycles. The Morgan fingerprint density at radius 1 is 1.43 bits per heavy atom. The highest BCUT2D eigenvalue weighted by Gasteiger charge is 2.32. The lowest BCUT2D eigenvalue weighted by Crippen LogP contribution is -2.35. The smallest absolute Gasteiger partial charge is 0.410 e. The molecule has 1 atom stereocenters. The summed E-state index contributed by atoms with van der Waals surface area (Å²) in [6.45, 7) is 8.95. The summed E-state index contributed by atoms with van der Waals surface area (Å²) in [6, 6.07) is 2.09. The number of nitrogen functional groups attached to an aromatic ring is 1. The maximum absolute atomic E-state index is 12.2. The van der Waals surface area contributed by atoms with Crippen molar-refractivity contribution < 1.29 is 9.53 Å². The van der Waals surface area contributed by atoms with Crippen molar-refractivity contribution in [2.24, 2.45) is 0 Å². The molecule has 0 aliphatic carbocycles. The van der Waals surface area contributed by atoms with Gasteiger partial charge in [-0.25, -0.2) is 14.3 Å². The molecule has 0 bridgehead atoms. The Labute approximate surface area is 135 Å². The fourth-order valence-corrected chi connectivity index (χ4v) is 3.07. The maximum atomic E-state index is 12.2. The predicted molar refractivity (Wildman–Crippen MR) is 87.3 cm³/mol. The van der Waals surface area contributed by atoms with Crippen molar-refractivity contribution in [1.82, 2.24) is 19.5 Å². The van der Waals surface area contributed by atoms with Gasteiger partial charge in [0.25, 0.3) is 0 Å². The van der Waals surface area contributed by atoms with Gasteiger partial charge in [0.1, 0.15) is 17.4 Å². The van der Waals surface area contributed by atoms with Gasteiger partial charge >= 0.3 is 6.09 Å². The van der Waals surface area contributed by atoms with Crippen LogP contribution in [0.15, 0.2) is 12.4 Å². The summed E-state index contributed by atoms with van der Waals surface area (Å²) in [7, 11) is 0. The van der Waals surface area contributed by atoms with Crippen LogP contribution in [-0.4, -0.2) is 44.3 Å². The van der Waals surface area contributed by atoms with E-state index in [2.05, 4.69) is 16.1 Å². The van der Waals surface area contributed by atoms with E-state index in [0.29, 0.717) is 18.9 Å². The number of fused-ring (bicyclic) bond motifs is 1. The van der Waals surface area contributed by atoms with E-state index in [1.807, 2.05) is 32.2 Å². The van der Waals surface area contributed by atoms with Gasteiger partial charge in [-0.3, -0.25) is 0 Å². The summed E-state index contributed by atoms with van der Waals surface area (Å²) in [5.74, 6) is 0.698. The Hall–Kier alpha value is -2.31. The number of hydrogen-bond donors (Lipinski definition) is 1. The molecule has 0 spiro atoms. The third-order valence-corrected chi connectivity index (χ3v) is 4.06. The molecule has 2 N–H and O–H groups in total. The molecule has 0 aromatic carbocycles. The van der Waals surface area contributed by atoms with Gasteiger partial charge < -0.3 is 15.4 Å². The van der Waals surface area contributed by atoms with Crippen molar-refractivity contribution in [3.05, 3.63) is 23.7 Å². The minimum absolute atomic E-state index is 0.220. The van der Waals surface area contributed by atoms with E-state index >= 15 is 0 Å². The minimum Gasteiger partial charge on any atom is -0.444 e. The molecule has 1 fully saturated rings. The largest absolute Gasteiger partial charge is 0.444 e. The van der Waals surface area contributed by atoms with Crippen LogP contribution in [0.1, 0.15) is 44.4 Å². The lowest BCUT2D eigenvalue weighted by molar-refractivity contribution is 0.0292. The van der Waals surface area contributed by atoms with Gasteiger partial charge in [0, 0.05) is 24.7 Å². The first kappa shape index (κ1) is 15.6. The number of aryl methyl sites for hydroxylation is 1. The standard InChI is InChI=1S/C16H23N5O2/c1-10-7-12(21-13(10)14(17)18-9-19-21)11-5-6-20(8-11)15(22)23-16(2,3)4/h7,9,11H,5-6,8H2,1-4H3,(H2,17,18,19). The second kappa shape index (κ2) is 5.40. The Kier molecular flexibility index (Phi) is 3.66. The van der Waals surface area contributed by atoms with Crippen molar-refractivity contribution in [3.63, 3.8) is 0 Å². The number of ether oxygens (including phenoxy) is 1. The molecule has 7 heteroatoms. The second-order valence-corrected chi connectivity index (χ2v) is 7.07. The summed E-state index contributed by atoms with van der Waals surface area (Å²) in [4.78, 5) is 18.0. The summed E-state index contributed by atoms with van der Waals surface area (Å²) < 4.78 is 7.30. The number of rotatable bonds is 1. The van der Waals surface area contributed by atoms with Crippen molar-refractivity contribution >= 4 is 17.4 Å². The van der Waals surface area contributed by atoms with Gasteiger partial charge in [0.2, 0.25) is 0 Å². The number of hydrogen-bond acceptors (Lipinski definition) is 5. The summed E-state index contributed by atoms with van der Waals surface area (Å²) in [5, 5.41) is 4.33. The van der Waals surface area contributed by atoms with Crippen LogP contribution in [0.25, 0.3) is 5.52 Å². The van der Waals surface area contributed by atoms with E-state index in [1.54, 1.807) is 4.90 Å². The molecule has 1 unspecified atom stereocenters. The van der Waals surface area contributed by atoms with Crippen molar-refractivity contribution in [2.75, 3.05) is 18.8 Å². The molecule has 3 heterocycles. The topological polar surface area (TPSA) is 85.8 Å². The average Bonchev–Trinajstić information content (AvgIpc) is 3.02. The molecule has 7 nitrogen and oxygen atoms in total. The molecule has 0 radical (unpaired) electrons. The monoisotopic (exact) mass is 317 g/mol. The van der Waals surface area contributed by atoms with E-state index < -0.39 is 5.60 Å². The zero-order valence-corrected chi connectivity index (χ0v) is 14.0. The van der Waals surface area contributed by atoms with Crippen LogP contribution in [0.2, 0.25) is 0 Å². The molecular weight excluding hydrogens is 294 g/mol. The Bertz CT molecular complexity index is 747. The number of carbonyl (C=O) groups is 1. The molecular formula is C16H23N5O2. The Balaban J connectivity index is 1.83. The highest BCUT2D eigenvalue weighted by molar-refractivity contribution is 5.71. The van der Waals surface area contributed by atoms with Crippen molar-refractivity contribution in [2.45, 2.75) is 45.6 Å². The van der Waals surface area contributed by atoms with E-state index in [9.17, 15) is 4.79 Å². The van der Waals surface area contributed by atoms with E-state index in [4.69, 9.17) is 10.5 Å². The van der Waals surface area contributed by atoms with Gasteiger partial charge in [-0.2, -0.15) is 5.10 Å². The SMILES string of the molecule is Cc1cc(C2CCN(C(=O)OC(C)(C)C)C2)n2ncnc(N)c12. The number of nitrogens with zero attached hydrogens (tertiary/aromatic N) is 4. The lowest BCUT2D eigenvalue weighted by atomic mass is 10.1. The molecule has 3 rings (SSSR count). The molecule has 1 amide bonds. The number of carbonyl (C=O) groups excluding carboxylic acids is 1. The van der Waals surface area contributed by atoms with Crippen LogP contribution >= 0.6 is 0 Å². The van der Waals surface area contributed by atoms with Gasteiger partial charge in [-0.15, -0.1) is 0 Å². The molecule has 1 aliphatic heterocycles. The summed E-state index contributed by atoms with van der Waals surface area (Å²) in [6.07, 6.45) is 2.09. The molecule has 1 saturated heterocycles. The van der Waals surface area contributed by atoms with Gasteiger partial charge in [0.15, 0.2) is 5.82 Å². The van der Waals surface area contributed by atoms with Gasteiger partial charge in [-0.1, -0.05) is 0 Å². The molecule has 0 saturated carbocycles. The molecule has 1 aliphatic rings. The third kappa shape index (κ3) is 2.95. The zero-order chi connectivity index (χ0) is 16.8. The number of amides is 1. The van der Waals surface area contributed by atoms with Gasteiger partial charge in [-0.05, 0) is 45.7 Å². The summed E-state index contributed by atoms with van der Waals surface area (Å²) >= 11 is 0. The Morgan fingerprint density at radius 3 is 2.87 bits per heavy atom. The third-order valence-electron chi connectivity index (χ3n) is 4.06. The fraction of sp³-hybridized carbons (Fsp3) is 0.562. The lowest BCUT2D eigenvalue weighted by Gasteiger charge is -2.24. The highest BCUT2D eigenvalue weighted by atomic mass is 16.6. The average molecular weight is 317 g/mol. The summed E-state index contributed by atoms with van der Waals surface area (Å²) in [5.41, 5.74) is 8.44. The van der Waals surface area contributed by atoms with Crippen LogP contribution < -0.4 is 5.73 Å². The second-order valence-electron chi connectivity index (χ2n) is 7.07. The van der Waals surface area contributed by atoms with Crippen LogP contribution in [0.3, 0.4) is 0 Å². The molecule has 2 aromatic rings. The van der Waals surface area contributed by atoms with E-state index in [1.165, 1.54) is 6.33 Å². The first-order valence-electron chi connectivity index (χ1n) is 7.83. The number of anilines is 1. The minimum atomic E-state index is -0.477. The van der Waals surface area contributed by atoms with Crippen molar-refractivity contribution in [3.8, 4) is 0 Å². The van der Waals surface area contributed by atoms with Gasteiger partial charge in [0.05, 0.1) is 0 Å². The van der Waals surface area contributed by atoms with Crippen LogP contribution in [0.5, 0.6) is 0 Å². The first-order chi connectivity index (χ1) is 10.8. The van der Waals surface area contributed by atoms with E-state index in [-0.39, 0.29) is 12.0 Å². The zero-order valence-electron chi connectivity index (χ0n) is 14.0. The number of aromatic nitrogens is 3. The normalized spacial score (nSPS) is 18.6. The quantitative estimate of drug-likeness (QED) is 0.872. The van der Waals surface area contributed by atoms with Crippen LogP contribution in [-0.2, 0) is 4.74 Å². The molecule has 124 valence electrons. The van der Waals surface area contributed by atoms with Crippen LogP contribution in [0, 0.1) is 6.92 Å². The number of likely N-dealkylation sites (tertiary alicyclic amines) is 1. The van der Waals surface area contributed by atoms with Crippen LogP contribution in [0.4, 0.5) is 10.6 Å². The fourth-order valence-electron chi connectivity index (χ4n) is 3.07. The van der Waals surface area contributed by atoms with Crippen molar-refractivity contribution in [1.29, 1.82) is 0 Å². The number of nitrogens with two attached hydrogens (primary N) is 1. The Morgan fingerprint density at radius 2 is 2.17 bits per heavy atom. The maximum Gasteiger partial charge on any atom is 0.410 e. The first-order valence-corrected chi connectivity index (χ1v) is 7.83. The van der Waals surface area contributed by atoms with E-state index in [0.717, 1.165) is 23.2 Å². The highest BCUT2D eigenvalue weighted by Crippen LogP contribution is 2.31.